The second-order valence-corrected chi connectivity index (χ2v) is 18.7. The van der Waals surface area contributed by atoms with Crippen molar-refractivity contribution in [3.63, 3.8) is 0 Å². The van der Waals surface area contributed by atoms with Crippen molar-refractivity contribution in [2.45, 2.75) is 208 Å². The van der Waals surface area contributed by atoms with Crippen molar-refractivity contribution in [1.29, 1.82) is 0 Å². The van der Waals surface area contributed by atoms with Gasteiger partial charge in [-0.2, -0.15) is 0 Å². The van der Waals surface area contributed by atoms with Gasteiger partial charge in [0.05, 0.1) is 54.9 Å². The van der Waals surface area contributed by atoms with Crippen molar-refractivity contribution in [2.75, 3.05) is 14.2 Å². The summed E-state index contributed by atoms with van der Waals surface area (Å²) in [5.41, 5.74) is -4.47. The Bertz CT molecular complexity index is 1440. The number of aliphatic hydroxyl groups excluding tert-OH is 6. The van der Waals surface area contributed by atoms with Crippen LogP contribution >= 0.6 is 0 Å². The molecule has 0 amide bonds. The Morgan fingerprint density at radius 1 is 0.754 bits per heavy atom. The van der Waals surface area contributed by atoms with E-state index in [1.165, 1.54) is 7.11 Å². The lowest BCUT2D eigenvalue weighted by molar-refractivity contribution is -0.351. The zero-order valence-corrected chi connectivity index (χ0v) is 34.5. The van der Waals surface area contributed by atoms with Gasteiger partial charge in [0.1, 0.15) is 41.7 Å². The van der Waals surface area contributed by atoms with Gasteiger partial charge in [0.25, 0.3) is 0 Å². The normalized spacial score (nSPS) is 56.0. The standard InChI is InChI=1S/C41H68O16/c1-18(42)24-11-14-41(49)39(24,6)36(47)31(46)35-38(5)12-10-23(15-22(38)9-13-40(35,41)48)55-27-16-25(43)32(20(3)52-27)56-28-17-26(50-7)33(21(4)53-28)57-37-30(45)34(51-8)29(44)19(2)54-37/h9,18-21,23-37,42-49H,10-17H2,1-8H3. The largest absolute Gasteiger partial charge is 0.393 e. The number of methoxy groups -OCH3 is 2. The predicted octanol–water partition coefficient (Wildman–Crippen LogP) is 0.401. The first-order valence-corrected chi connectivity index (χ1v) is 21.0. The van der Waals surface area contributed by atoms with Crippen LogP contribution in [0.15, 0.2) is 11.6 Å². The van der Waals surface area contributed by atoms with Crippen molar-refractivity contribution < 1.29 is 78.7 Å². The molecular weight excluding hydrogens is 748 g/mol. The van der Waals surface area contributed by atoms with Crippen LogP contribution in [0.4, 0.5) is 0 Å². The van der Waals surface area contributed by atoms with Gasteiger partial charge in [0, 0.05) is 38.4 Å². The van der Waals surface area contributed by atoms with E-state index in [1.807, 2.05) is 13.0 Å². The van der Waals surface area contributed by atoms with Crippen molar-refractivity contribution in [1.82, 2.24) is 0 Å². The Morgan fingerprint density at radius 3 is 2.05 bits per heavy atom. The summed E-state index contributed by atoms with van der Waals surface area (Å²) in [6.45, 7) is 10.6. The van der Waals surface area contributed by atoms with Crippen LogP contribution in [0.25, 0.3) is 0 Å². The molecule has 3 saturated carbocycles. The second kappa shape index (κ2) is 16.1. The maximum absolute atomic E-state index is 12.5. The van der Waals surface area contributed by atoms with E-state index in [1.54, 1.807) is 41.7 Å². The number of fused-ring (bicyclic) bond motifs is 5. The van der Waals surface area contributed by atoms with Gasteiger partial charge >= 0.3 is 0 Å². The van der Waals surface area contributed by atoms with Crippen molar-refractivity contribution in [3.8, 4) is 0 Å². The lowest BCUT2D eigenvalue weighted by Crippen LogP contribution is -2.79. The van der Waals surface area contributed by atoms with Crippen molar-refractivity contribution in [3.05, 3.63) is 11.6 Å². The maximum atomic E-state index is 12.5. The molecule has 328 valence electrons. The summed E-state index contributed by atoms with van der Waals surface area (Å²) in [5.74, 6) is -1.33. The molecule has 0 bridgehead atoms. The number of ether oxygens (including phenoxy) is 8. The van der Waals surface area contributed by atoms with Gasteiger partial charge in [-0.05, 0) is 77.6 Å². The number of hydrogen-bond donors (Lipinski definition) is 8. The third-order valence-electron chi connectivity index (χ3n) is 15.6. The minimum absolute atomic E-state index is 0.0962. The molecule has 3 heterocycles. The smallest absolute Gasteiger partial charge is 0.187 e. The fourth-order valence-electron chi connectivity index (χ4n) is 12.4. The van der Waals surface area contributed by atoms with Crippen LogP contribution in [0.3, 0.4) is 0 Å². The fourth-order valence-corrected chi connectivity index (χ4v) is 12.4. The van der Waals surface area contributed by atoms with Crippen LogP contribution in [0.1, 0.15) is 92.9 Å². The van der Waals surface area contributed by atoms with Gasteiger partial charge in [0.2, 0.25) is 0 Å². The monoisotopic (exact) mass is 816 g/mol. The molecule has 0 aromatic rings. The Labute approximate surface area is 335 Å². The second-order valence-electron chi connectivity index (χ2n) is 18.7. The average Bonchev–Trinajstić information content (AvgIpc) is 3.45. The number of aliphatic hydroxyl groups is 8. The molecule has 0 aromatic heterocycles. The fraction of sp³-hybridized carbons (Fsp3) is 0.951. The van der Waals surface area contributed by atoms with Gasteiger partial charge in [-0.3, -0.25) is 0 Å². The molecule has 0 radical (unpaired) electrons. The van der Waals surface area contributed by atoms with Crippen LogP contribution in [-0.4, -0.2) is 171 Å². The first kappa shape index (κ1) is 44.2. The lowest BCUT2D eigenvalue weighted by atomic mass is 9.42. The van der Waals surface area contributed by atoms with Gasteiger partial charge in [0.15, 0.2) is 18.9 Å². The Kier molecular flexibility index (Phi) is 12.5. The van der Waals surface area contributed by atoms with Crippen LogP contribution < -0.4 is 0 Å². The van der Waals surface area contributed by atoms with Crippen LogP contribution in [0.2, 0.25) is 0 Å². The van der Waals surface area contributed by atoms with Crippen molar-refractivity contribution >= 4 is 0 Å². The predicted molar refractivity (Wildman–Crippen MR) is 199 cm³/mol. The third kappa shape index (κ3) is 6.99. The lowest BCUT2D eigenvalue weighted by Gasteiger charge is -2.68. The summed E-state index contributed by atoms with van der Waals surface area (Å²) >= 11 is 0. The molecule has 16 nitrogen and oxygen atoms in total. The van der Waals surface area contributed by atoms with E-state index in [0.717, 1.165) is 5.57 Å². The highest BCUT2D eigenvalue weighted by molar-refractivity contribution is 5.36. The van der Waals surface area contributed by atoms with Crippen LogP contribution in [0, 0.1) is 22.7 Å². The molecule has 23 unspecified atom stereocenters. The minimum Gasteiger partial charge on any atom is -0.393 e. The zero-order chi connectivity index (χ0) is 41.6. The van der Waals surface area contributed by atoms with E-state index in [2.05, 4.69) is 0 Å². The molecule has 3 saturated heterocycles. The summed E-state index contributed by atoms with van der Waals surface area (Å²) in [6, 6.07) is 0. The van der Waals surface area contributed by atoms with E-state index in [0.29, 0.717) is 25.7 Å². The highest BCUT2D eigenvalue weighted by Gasteiger charge is 2.78. The molecule has 7 aliphatic rings. The first-order chi connectivity index (χ1) is 26.7. The summed E-state index contributed by atoms with van der Waals surface area (Å²) in [4.78, 5) is 0. The van der Waals surface area contributed by atoms with Gasteiger partial charge in [-0.15, -0.1) is 0 Å². The topological polar surface area (TPSA) is 236 Å². The average molecular weight is 817 g/mol. The van der Waals surface area contributed by atoms with E-state index in [4.69, 9.17) is 37.9 Å². The molecular formula is C41H68O16. The van der Waals surface area contributed by atoms with Gasteiger partial charge in [-0.1, -0.05) is 25.5 Å². The third-order valence-corrected chi connectivity index (χ3v) is 15.6. The quantitative estimate of drug-likeness (QED) is 0.147. The highest BCUT2D eigenvalue weighted by atomic mass is 16.7. The first-order valence-electron chi connectivity index (χ1n) is 21.0. The van der Waals surface area contributed by atoms with Gasteiger partial charge in [-0.25, -0.2) is 0 Å². The highest BCUT2D eigenvalue weighted by Crippen LogP contribution is 2.69. The summed E-state index contributed by atoms with van der Waals surface area (Å²) in [7, 11) is 2.95. The van der Waals surface area contributed by atoms with E-state index < -0.39 is 132 Å². The van der Waals surface area contributed by atoms with Gasteiger partial charge < -0.3 is 78.7 Å². The zero-order valence-electron chi connectivity index (χ0n) is 34.5. The Morgan fingerprint density at radius 2 is 1.42 bits per heavy atom. The molecule has 57 heavy (non-hydrogen) atoms. The number of hydrogen-bond acceptors (Lipinski definition) is 16. The molecule has 16 heteroatoms. The molecule has 4 aliphatic carbocycles. The number of rotatable bonds is 9. The van der Waals surface area contributed by atoms with E-state index in [-0.39, 0.29) is 31.8 Å². The van der Waals surface area contributed by atoms with E-state index in [9.17, 15) is 40.9 Å². The molecule has 7 rings (SSSR count). The molecule has 3 aliphatic heterocycles. The minimum atomic E-state index is -1.71. The summed E-state index contributed by atoms with van der Waals surface area (Å²) in [6.07, 6.45) is -9.48. The van der Waals surface area contributed by atoms with Crippen molar-refractivity contribution in [2.24, 2.45) is 22.7 Å². The van der Waals surface area contributed by atoms with Crippen LogP contribution in [0.5, 0.6) is 0 Å². The SMILES string of the molecule is COC1CC(OC2C(O)CC(OC3CCC4(C)C(=CCC5(O)C4C(O)C(O)C4(C)C(C(C)O)CCC54O)C3)OC2C)OC(C)C1OC1OC(C)C(O)C(OC)C1O. The molecule has 0 aromatic carbocycles. The molecule has 6 fully saturated rings. The molecule has 8 N–H and O–H groups in total. The van der Waals surface area contributed by atoms with E-state index >= 15 is 0 Å². The maximum Gasteiger partial charge on any atom is 0.187 e. The van der Waals surface area contributed by atoms with Crippen LogP contribution in [-0.2, 0) is 37.9 Å². The summed E-state index contributed by atoms with van der Waals surface area (Å²) in [5, 5.41) is 91.5. The Hall–Kier alpha value is -0.900. The Balaban J connectivity index is 0.958. The summed E-state index contributed by atoms with van der Waals surface area (Å²) < 4.78 is 48.3. The molecule has 23 atom stereocenters. The molecule has 0 spiro atoms.